The molecule has 0 atom stereocenters. The first-order valence-corrected chi connectivity index (χ1v) is 7.98. The standard InChI is InChI=1S/C15H10BrCl2NO5/c16-9-5-8(1-2-12(9)20)24-14-10(17)3-7(4-11(14)18)15(23)19-6-13(21)22/h1-5,20H,6H2,(H,19,23)(H,21,22). The molecule has 0 aliphatic carbocycles. The average Bonchev–Trinajstić information content (AvgIpc) is 2.51. The molecule has 0 spiro atoms. The van der Waals surface area contributed by atoms with Crippen molar-refractivity contribution < 1.29 is 24.5 Å². The van der Waals surface area contributed by atoms with Crippen LogP contribution in [-0.4, -0.2) is 28.6 Å². The lowest BCUT2D eigenvalue weighted by atomic mass is 10.2. The van der Waals surface area contributed by atoms with Gasteiger partial charge in [0.2, 0.25) is 0 Å². The summed E-state index contributed by atoms with van der Waals surface area (Å²) >= 11 is 15.4. The summed E-state index contributed by atoms with van der Waals surface area (Å²) in [4.78, 5) is 22.3. The number of rotatable bonds is 5. The Morgan fingerprint density at radius 3 is 2.33 bits per heavy atom. The third-order valence-electron chi connectivity index (χ3n) is 2.80. The van der Waals surface area contributed by atoms with Crippen molar-refractivity contribution >= 4 is 51.0 Å². The van der Waals surface area contributed by atoms with E-state index in [9.17, 15) is 14.7 Å². The summed E-state index contributed by atoms with van der Waals surface area (Å²) in [5.41, 5.74) is 0.102. The Labute approximate surface area is 155 Å². The summed E-state index contributed by atoms with van der Waals surface area (Å²) in [5.74, 6) is -1.25. The molecular weight excluding hydrogens is 425 g/mol. The Balaban J connectivity index is 2.24. The number of carboxylic acid groups (broad SMARTS) is 1. The molecule has 2 aromatic rings. The average molecular weight is 435 g/mol. The number of nitrogens with one attached hydrogen (secondary N) is 1. The molecule has 0 saturated carbocycles. The first-order valence-electron chi connectivity index (χ1n) is 6.43. The molecule has 2 aromatic carbocycles. The Morgan fingerprint density at radius 2 is 1.79 bits per heavy atom. The molecule has 0 aliphatic heterocycles. The van der Waals surface area contributed by atoms with Gasteiger partial charge in [0.15, 0.2) is 5.75 Å². The van der Waals surface area contributed by atoms with Gasteiger partial charge in [0.25, 0.3) is 5.91 Å². The molecule has 3 N–H and O–H groups in total. The first-order chi connectivity index (χ1) is 11.3. The van der Waals surface area contributed by atoms with Gasteiger partial charge >= 0.3 is 5.97 Å². The van der Waals surface area contributed by atoms with Crippen LogP contribution in [0.15, 0.2) is 34.8 Å². The van der Waals surface area contributed by atoms with Gasteiger partial charge in [-0.1, -0.05) is 23.2 Å². The number of hydrogen-bond acceptors (Lipinski definition) is 4. The van der Waals surface area contributed by atoms with Crippen LogP contribution in [0, 0.1) is 0 Å². The molecule has 24 heavy (non-hydrogen) atoms. The third-order valence-corrected chi connectivity index (χ3v) is 4.00. The highest BCUT2D eigenvalue weighted by atomic mass is 79.9. The van der Waals surface area contributed by atoms with Crippen molar-refractivity contribution in [1.82, 2.24) is 5.32 Å². The smallest absolute Gasteiger partial charge is 0.322 e. The fraction of sp³-hybridized carbons (Fsp3) is 0.0667. The number of carbonyl (C=O) groups is 2. The highest BCUT2D eigenvalue weighted by molar-refractivity contribution is 9.10. The van der Waals surface area contributed by atoms with Crippen molar-refractivity contribution in [2.75, 3.05) is 6.54 Å². The van der Waals surface area contributed by atoms with E-state index < -0.39 is 18.4 Å². The van der Waals surface area contributed by atoms with Crippen molar-refractivity contribution in [3.63, 3.8) is 0 Å². The van der Waals surface area contributed by atoms with Crippen molar-refractivity contribution in [2.24, 2.45) is 0 Å². The van der Waals surface area contributed by atoms with Crippen LogP contribution in [0.5, 0.6) is 17.2 Å². The molecule has 0 unspecified atom stereocenters. The molecule has 0 fully saturated rings. The minimum absolute atomic E-state index is 0.0463. The van der Waals surface area contributed by atoms with Gasteiger partial charge in [-0.25, -0.2) is 0 Å². The van der Waals surface area contributed by atoms with E-state index in [2.05, 4.69) is 21.2 Å². The van der Waals surface area contributed by atoms with Crippen molar-refractivity contribution in [3.05, 3.63) is 50.4 Å². The fourth-order valence-electron chi connectivity index (χ4n) is 1.72. The number of aliphatic carboxylic acids is 1. The van der Waals surface area contributed by atoms with Crippen molar-refractivity contribution in [1.29, 1.82) is 0 Å². The van der Waals surface area contributed by atoms with Gasteiger partial charge in [0.05, 0.1) is 14.5 Å². The maximum atomic E-state index is 11.8. The number of hydrogen-bond donors (Lipinski definition) is 3. The molecule has 0 heterocycles. The molecule has 6 nitrogen and oxygen atoms in total. The van der Waals surface area contributed by atoms with Crippen LogP contribution in [0.3, 0.4) is 0 Å². The van der Waals surface area contributed by atoms with Gasteiger partial charge in [0, 0.05) is 5.56 Å². The lowest BCUT2D eigenvalue weighted by Crippen LogP contribution is -2.29. The molecule has 1 amide bonds. The number of halogens is 3. The van der Waals surface area contributed by atoms with Gasteiger partial charge in [-0.05, 0) is 46.3 Å². The van der Waals surface area contributed by atoms with Crippen LogP contribution in [0.25, 0.3) is 0 Å². The maximum Gasteiger partial charge on any atom is 0.322 e. The summed E-state index contributed by atoms with van der Waals surface area (Å²) in [7, 11) is 0. The normalized spacial score (nSPS) is 10.3. The van der Waals surface area contributed by atoms with Gasteiger partial charge in [-0.3, -0.25) is 9.59 Å². The van der Waals surface area contributed by atoms with E-state index in [1.54, 1.807) is 0 Å². The van der Waals surface area contributed by atoms with Crippen LogP contribution >= 0.6 is 39.1 Å². The molecule has 0 radical (unpaired) electrons. The number of phenolic OH excluding ortho intramolecular Hbond substituents is 1. The maximum absolute atomic E-state index is 11.8. The monoisotopic (exact) mass is 433 g/mol. The predicted molar refractivity (Wildman–Crippen MR) is 92.3 cm³/mol. The second-order valence-corrected chi connectivity index (χ2v) is 6.23. The molecule has 126 valence electrons. The Morgan fingerprint density at radius 1 is 1.17 bits per heavy atom. The number of carbonyl (C=O) groups excluding carboxylic acids is 1. The molecular formula is C15H10BrCl2NO5. The fourth-order valence-corrected chi connectivity index (χ4v) is 2.64. The Kier molecular flexibility index (Phi) is 5.93. The topological polar surface area (TPSA) is 95.9 Å². The number of aromatic hydroxyl groups is 1. The van der Waals surface area contributed by atoms with E-state index >= 15 is 0 Å². The van der Waals surface area contributed by atoms with Crippen LogP contribution < -0.4 is 10.1 Å². The Bertz CT molecular complexity index is 789. The van der Waals surface area contributed by atoms with Crippen molar-refractivity contribution in [3.8, 4) is 17.2 Å². The van der Waals surface area contributed by atoms with Crippen LogP contribution in [0.2, 0.25) is 10.0 Å². The van der Waals surface area contributed by atoms with Crippen molar-refractivity contribution in [2.45, 2.75) is 0 Å². The molecule has 0 aliphatic rings. The first kappa shape index (κ1) is 18.4. The van der Waals surface area contributed by atoms with Gasteiger partial charge < -0.3 is 20.3 Å². The number of carboxylic acids is 1. The largest absolute Gasteiger partial charge is 0.507 e. The summed E-state index contributed by atoms with van der Waals surface area (Å²) in [6.45, 7) is -0.520. The van der Waals surface area contributed by atoms with E-state index in [1.807, 2.05) is 0 Å². The van der Waals surface area contributed by atoms with Crippen LogP contribution in [0.1, 0.15) is 10.4 Å². The van der Waals surface area contributed by atoms with E-state index in [-0.39, 0.29) is 27.1 Å². The van der Waals surface area contributed by atoms with Gasteiger partial charge in [0.1, 0.15) is 18.0 Å². The minimum Gasteiger partial charge on any atom is -0.507 e. The summed E-state index contributed by atoms with van der Waals surface area (Å²) < 4.78 is 6.01. The van der Waals surface area contributed by atoms with Crippen LogP contribution in [0.4, 0.5) is 0 Å². The van der Waals surface area contributed by atoms with E-state index in [0.29, 0.717) is 10.2 Å². The summed E-state index contributed by atoms with van der Waals surface area (Å²) in [6.07, 6.45) is 0. The lowest BCUT2D eigenvalue weighted by Gasteiger charge is -2.12. The van der Waals surface area contributed by atoms with E-state index in [1.165, 1.54) is 30.3 Å². The highest BCUT2D eigenvalue weighted by Gasteiger charge is 2.16. The summed E-state index contributed by atoms with van der Waals surface area (Å²) in [5, 5.41) is 20.4. The third kappa shape index (κ3) is 4.53. The van der Waals surface area contributed by atoms with Crippen LogP contribution in [-0.2, 0) is 4.79 Å². The zero-order valence-corrected chi connectivity index (χ0v) is 14.9. The number of ether oxygens (including phenoxy) is 1. The van der Waals surface area contributed by atoms with Gasteiger partial charge in [-0.2, -0.15) is 0 Å². The quantitative estimate of drug-likeness (QED) is 0.659. The number of phenols is 1. The SMILES string of the molecule is O=C(O)CNC(=O)c1cc(Cl)c(Oc2ccc(O)c(Br)c2)c(Cl)c1. The molecule has 0 saturated heterocycles. The molecule has 9 heteroatoms. The van der Waals surface area contributed by atoms with E-state index in [4.69, 9.17) is 33.0 Å². The van der Waals surface area contributed by atoms with Gasteiger partial charge in [-0.15, -0.1) is 0 Å². The lowest BCUT2D eigenvalue weighted by molar-refractivity contribution is -0.135. The molecule has 0 aromatic heterocycles. The second-order valence-electron chi connectivity index (χ2n) is 4.56. The minimum atomic E-state index is -1.17. The molecule has 0 bridgehead atoms. The Hall–Kier alpha value is -1.96. The highest BCUT2D eigenvalue weighted by Crippen LogP contribution is 2.39. The summed E-state index contributed by atoms with van der Waals surface area (Å²) in [6, 6.07) is 7.09. The molecule has 2 rings (SSSR count). The number of amides is 1. The zero-order valence-electron chi connectivity index (χ0n) is 11.8. The zero-order chi connectivity index (χ0) is 17.9. The second kappa shape index (κ2) is 7.74. The number of benzene rings is 2. The van der Waals surface area contributed by atoms with E-state index in [0.717, 1.165) is 0 Å². The predicted octanol–water partition coefficient (Wildman–Crippen LogP) is 4.07.